The molecule has 2 heterocycles. The summed E-state index contributed by atoms with van der Waals surface area (Å²) >= 11 is 0. The second kappa shape index (κ2) is 5.53. The van der Waals surface area contributed by atoms with Crippen LogP contribution < -0.4 is 5.32 Å². The van der Waals surface area contributed by atoms with Gasteiger partial charge in [0.2, 0.25) is 0 Å². The summed E-state index contributed by atoms with van der Waals surface area (Å²) in [6, 6.07) is 10.5. The zero-order valence-corrected chi connectivity index (χ0v) is 10.6. The van der Waals surface area contributed by atoms with Crippen LogP contribution in [0.1, 0.15) is 18.4 Å². The Balaban J connectivity index is 1.54. The summed E-state index contributed by atoms with van der Waals surface area (Å²) < 4.78 is 6.01. The SMILES string of the molecule is c1ccc(CC2CN=C(C3CCCNC3)O2)cc1. The predicted molar refractivity (Wildman–Crippen MR) is 72.9 cm³/mol. The minimum absolute atomic E-state index is 0.240. The highest BCUT2D eigenvalue weighted by Gasteiger charge is 2.27. The molecule has 1 N–H and O–H groups in total. The van der Waals surface area contributed by atoms with Gasteiger partial charge in [0.15, 0.2) is 5.90 Å². The lowest BCUT2D eigenvalue weighted by Gasteiger charge is -2.23. The first kappa shape index (κ1) is 11.7. The van der Waals surface area contributed by atoms with Crippen molar-refractivity contribution in [3.63, 3.8) is 0 Å². The van der Waals surface area contributed by atoms with E-state index in [0.29, 0.717) is 5.92 Å². The molecule has 2 atom stereocenters. The van der Waals surface area contributed by atoms with Gasteiger partial charge < -0.3 is 10.1 Å². The molecule has 0 spiro atoms. The lowest BCUT2D eigenvalue weighted by Crippen LogP contribution is -2.35. The first-order valence-electron chi connectivity index (χ1n) is 6.87. The minimum Gasteiger partial charge on any atom is -0.475 e. The number of aliphatic imine (C=N–C) groups is 1. The number of ether oxygens (including phenoxy) is 1. The van der Waals surface area contributed by atoms with Crippen molar-refractivity contribution < 1.29 is 4.74 Å². The van der Waals surface area contributed by atoms with Crippen molar-refractivity contribution in [2.45, 2.75) is 25.4 Å². The van der Waals surface area contributed by atoms with Crippen LogP contribution in [0.4, 0.5) is 0 Å². The van der Waals surface area contributed by atoms with E-state index in [0.717, 1.165) is 32.0 Å². The van der Waals surface area contributed by atoms with Crippen molar-refractivity contribution in [3.8, 4) is 0 Å². The molecule has 18 heavy (non-hydrogen) atoms. The van der Waals surface area contributed by atoms with E-state index in [1.54, 1.807) is 0 Å². The molecule has 3 nitrogen and oxygen atoms in total. The summed E-state index contributed by atoms with van der Waals surface area (Å²) in [6.45, 7) is 2.98. The van der Waals surface area contributed by atoms with Gasteiger partial charge in [-0.1, -0.05) is 30.3 Å². The van der Waals surface area contributed by atoms with Gasteiger partial charge in [-0.3, -0.25) is 4.99 Å². The molecule has 2 unspecified atom stereocenters. The van der Waals surface area contributed by atoms with Crippen LogP contribution in [-0.2, 0) is 11.2 Å². The fraction of sp³-hybridized carbons (Fsp3) is 0.533. The smallest absolute Gasteiger partial charge is 0.188 e. The Morgan fingerprint density at radius 2 is 2.17 bits per heavy atom. The van der Waals surface area contributed by atoms with Crippen LogP contribution >= 0.6 is 0 Å². The standard InChI is InChI=1S/C15H20N2O/c1-2-5-12(6-3-1)9-14-11-17-15(18-14)13-7-4-8-16-10-13/h1-3,5-6,13-14,16H,4,7-11H2. The third-order valence-corrected chi connectivity index (χ3v) is 3.69. The Bertz CT molecular complexity index is 410. The number of hydrogen-bond acceptors (Lipinski definition) is 3. The van der Waals surface area contributed by atoms with Crippen molar-refractivity contribution in [2.24, 2.45) is 10.9 Å². The number of nitrogens with zero attached hydrogens (tertiary/aromatic N) is 1. The van der Waals surface area contributed by atoms with E-state index >= 15 is 0 Å². The molecule has 1 aromatic carbocycles. The average molecular weight is 244 g/mol. The molecule has 0 bridgehead atoms. The monoisotopic (exact) mass is 244 g/mol. The second-order valence-electron chi connectivity index (χ2n) is 5.15. The number of hydrogen-bond donors (Lipinski definition) is 1. The number of benzene rings is 1. The quantitative estimate of drug-likeness (QED) is 0.882. The first-order valence-corrected chi connectivity index (χ1v) is 6.87. The fourth-order valence-electron chi connectivity index (χ4n) is 2.71. The van der Waals surface area contributed by atoms with Crippen LogP contribution in [-0.4, -0.2) is 31.6 Å². The first-order chi connectivity index (χ1) is 8.92. The number of nitrogens with one attached hydrogen (secondary N) is 1. The van der Waals surface area contributed by atoms with E-state index in [1.807, 2.05) is 0 Å². The van der Waals surface area contributed by atoms with Gasteiger partial charge in [0.1, 0.15) is 6.10 Å². The molecule has 1 saturated heterocycles. The summed E-state index contributed by atoms with van der Waals surface area (Å²) in [7, 11) is 0. The maximum Gasteiger partial charge on any atom is 0.188 e. The predicted octanol–water partition coefficient (Wildman–Crippen LogP) is 2.03. The molecule has 3 rings (SSSR count). The van der Waals surface area contributed by atoms with Crippen LogP contribution in [0.25, 0.3) is 0 Å². The normalized spacial score (nSPS) is 27.7. The molecule has 1 fully saturated rings. The molecule has 0 radical (unpaired) electrons. The summed E-state index contributed by atoms with van der Waals surface area (Å²) in [5.74, 6) is 1.49. The lowest BCUT2D eigenvalue weighted by atomic mass is 10.00. The Morgan fingerprint density at radius 3 is 2.94 bits per heavy atom. The molecule has 0 aliphatic carbocycles. The zero-order chi connectivity index (χ0) is 12.2. The van der Waals surface area contributed by atoms with Gasteiger partial charge in [0, 0.05) is 18.9 Å². The fourth-order valence-corrected chi connectivity index (χ4v) is 2.71. The molecule has 96 valence electrons. The third-order valence-electron chi connectivity index (χ3n) is 3.69. The van der Waals surface area contributed by atoms with E-state index in [1.165, 1.54) is 18.4 Å². The summed E-state index contributed by atoms with van der Waals surface area (Å²) in [6.07, 6.45) is 3.65. The van der Waals surface area contributed by atoms with Gasteiger partial charge >= 0.3 is 0 Å². The third kappa shape index (κ3) is 2.72. The van der Waals surface area contributed by atoms with Crippen molar-refractivity contribution in [3.05, 3.63) is 35.9 Å². The summed E-state index contributed by atoms with van der Waals surface area (Å²) in [5.41, 5.74) is 1.33. The highest BCUT2D eigenvalue weighted by atomic mass is 16.5. The Morgan fingerprint density at radius 1 is 1.28 bits per heavy atom. The molecule has 1 aromatic rings. The van der Waals surface area contributed by atoms with Crippen LogP contribution in [0.3, 0.4) is 0 Å². The van der Waals surface area contributed by atoms with Crippen LogP contribution in [0.2, 0.25) is 0 Å². The number of piperidine rings is 1. The minimum atomic E-state index is 0.240. The maximum atomic E-state index is 6.01. The van der Waals surface area contributed by atoms with Gasteiger partial charge in [-0.05, 0) is 24.9 Å². The van der Waals surface area contributed by atoms with E-state index in [-0.39, 0.29) is 6.10 Å². The highest BCUT2D eigenvalue weighted by molar-refractivity contribution is 5.80. The number of rotatable bonds is 3. The molecule has 0 amide bonds. The largest absolute Gasteiger partial charge is 0.475 e. The Labute approximate surface area is 108 Å². The maximum absolute atomic E-state index is 6.01. The Hall–Kier alpha value is -1.35. The van der Waals surface area contributed by atoms with E-state index in [4.69, 9.17) is 4.74 Å². The summed E-state index contributed by atoms with van der Waals surface area (Å²) in [5, 5.41) is 3.42. The molecule has 3 heteroatoms. The van der Waals surface area contributed by atoms with Crippen molar-refractivity contribution >= 4 is 5.90 Å². The van der Waals surface area contributed by atoms with Gasteiger partial charge in [-0.15, -0.1) is 0 Å². The van der Waals surface area contributed by atoms with E-state index in [2.05, 4.69) is 40.6 Å². The van der Waals surface area contributed by atoms with Crippen molar-refractivity contribution in [1.82, 2.24) is 5.32 Å². The molecule has 2 aliphatic rings. The topological polar surface area (TPSA) is 33.6 Å². The second-order valence-corrected chi connectivity index (χ2v) is 5.15. The van der Waals surface area contributed by atoms with Gasteiger partial charge in [-0.2, -0.15) is 0 Å². The van der Waals surface area contributed by atoms with E-state index in [9.17, 15) is 0 Å². The molecule has 0 saturated carbocycles. The van der Waals surface area contributed by atoms with Crippen molar-refractivity contribution in [2.75, 3.05) is 19.6 Å². The Kier molecular flexibility index (Phi) is 3.60. The van der Waals surface area contributed by atoms with Gasteiger partial charge in [-0.25, -0.2) is 0 Å². The molecule has 0 aromatic heterocycles. The van der Waals surface area contributed by atoms with Crippen molar-refractivity contribution in [1.29, 1.82) is 0 Å². The zero-order valence-electron chi connectivity index (χ0n) is 10.6. The molecule has 2 aliphatic heterocycles. The average Bonchev–Trinajstić information content (AvgIpc) is 2.89. The van der Waals surface area contributed by atoms with Gasteiger partial charge in [0.05, 0.1) is 6.54 Å². The highest BCUT2D eigenvalue weighted by Crippen LogP contribution is 2.20. The van der Waals surface area contributed by atoms with E-state index < -0.39 is 0 Å². The summed E-state index contributed by atoms with van der Waals surface area (Å²) in [4.78, 5) is 4.59. The van der Waals surface area contributed by atoms with Gasteiger partial charge in [0.25, 0.3) is 0 Å². The van der Waals surface area contributed by atoms with Crippen LogP contribution in [0, 0.1) is 5.92 Å². The van der Waals surface area contributed by atoms with Crippen LogP contribution in [0.5, 0.6) is 0 Å². The molecular formula is C15H20N2O. The van der Waals surface area contributed by atoms with Crippen LogP contribution in [0.15, 0.2) is 35.3 Å². The molecular weight excluding hydrogens is 224 g/mol. The lowest BCUT2D eigenvalue weighted by molar-refractivity contribution is 0.205.